The largest absolute Gasteiger partial charge is 0.351 e. The minimum absolute atomic E-state index is 0.0345. The molecule has 0 atom stereocenters. The van der Waals surface area contributed by atoms with Crippen molar-refractivity contribution in [3.05, 3.63) is 34.3 Å². The van der Waals surface area contributed by atoms with Gasteiger partial charge in [0.05, 0.1) is 0 Å². The van der Waals surface area contributed by atoms with E-state index in [4.69, 9.17) is 0 Å². The molecule has 0 aromatic heterocycles. The summed E-state index contributed by atoms with van der Waals surface area (Å²) in [6.45, 7) is 1.42. The molecule has 0 unspecified atom stereocenters. The molecule has 0 aliphatic carbocycles. The predicted molar refractivity (Wildman–Crippen MR) is 60.4 cm³/mol. The molecule has 0 bridgehead atoms. The zero-order chi connectivity index (χ0) is 10.4. The fourth-order valence-corrected chi connectivity index (χ4v) is 1.27. The highest BCUT2D eigenvalue weighted by atomic mass is 79.9. The Morgan fingerprint density at radius 1 is 1.29 bits per heavy atom. The Labute approximate surface area is 92.0 Å². The van der Waals surface area contributed by atoms with E-state index in [1.807, 2.05) is 19.2 Å². The second kappa shape index (κ2) is 5.78. The van der Waals surface area contributed by atoms with Gasteiger partial charge in [-0.05, 0) is 31.3 Å². The van der Waals surface area contributed by atoms with E-state index in [1.54, 1.807) is 12.1 Å². The summed E-state index contributed by atoms with van der Waals surface area (Å²) in [5.41, 5.74) is 0.685. The number of benzene rings is 1. The van der Waals surface area contributed by atoms with Crippen LogP contribution in [0.1, 0.15) is 10.4 Å². The van der Waals surface area contributed by atoms with E-state index >= 15 is 0 Å². The molecular weight excluding hydrogens is 244 g/mol. The third-order valence-corrected chi connectivity index (χ3v) is 2.30. The summed E-state index contributed by atoms with van der Waals surface area (Å²) < 4.78 is 0.976. The molecule has 0 fully saturated rings. The van der Waals surface area contributed by atoms with Gasteiger partial charge in [-0.2, -0.15) is 0 Å². The zero-order valence-corrected chi connectivity index (χ0v) is 9.60. The molecule has 3 nitrogen and oxygen atoms in total. The summed E-state index contributed by atoms with van der Waals surface area (Å²) in [5, 5.41) is 5.76. The summed E-state index contributed by atoms with van der Waals surface area (Å²) in [4.78, 5) is 11.5. The van der Waals surface area contributed by atoms with E-state index in [2.05, 4.69) is 26.6 Å². The lowest BCUT2D eigenvalue weighted by atomic mass is 10.2. The Balaban J connectivity index is 2.48. The monoisotopic (exact) mass is 256 g/mol. The van der Waals surface area contributed by atoms with Crippen molar-refractivity contribution in [2.24, 2.45) is 0 Å². The highest BCUT2D eigenvalue weighted by Gasteiger charge is 2.02. The lowest BCUT2D eigenvalue weighted by Crippen LogP contribution is -2.30. The van der Waals surface area contributed by atoms with Crippen LogP contribution in [0, 0.1) is 0 Å². The van der Waals surface area contributed by atoms with Gasteiger partial charge < -0.3 is 10.6 Å². The number of likely N-dealkylation sites (N-methyl/N-ethyl adjacent to an activating group) is 1. The summed E-state index contributed by atoms with van der Waals surface area (Å²) in [7, 11) is 1.85. The van der Waals surface area contributed by atoms with Crippen LogP contribution in [0.15, 0.2) is 28.7 Å². The Hall–Kier alpha value is -0.870. The van der Waals surface area contributed by atoms with Gasteiger partial charge in [0.15, 0.2) is 0 Å². The Bertz CT molecular complexity index is 297. The van der Waals surface area contributed by atoms with Crippen molar-refractivity contribution in [2.45, 2.75) is 0 Å². The lowest BCUT2D eigenvalue weighted by molar-refractivity contribution is 0.0954. The van der Waals surface area contributed by atoms with E-state index < -0.39 is 0 Å². The first-order chi connectivity index (χ1) is 6.74. The van der Waals surface area contributed by atoms with Gasteiger partial charge >= 0.3 is 0 Å². The first kappa shape index (κ1) is 11.2. The van der Waals surface area contributed by atoms with Crippen molar-refractivity contribution in [1.29, 1.82) is 0 Å². The third kappa shape index (κ3) is 3.47. The van der Waals surface area contributed by atoms with Gasteiger partial charge in [-0.25, -0.2) is 0 Å². The minimum atomic E-state index is -0.0345. The zero-order valence-electron chi connectivity index (χ0n) is 8.01. The molecule has 0 spiro atoms. The van der Waals surface area contributed by atoms with Crippen molar-refractivity contribution < 1.29 is 4.79 Å². The molecule has 0 radical (unpaired) electrons. The Kier molecular flexibility index (Phi) is 4.62. The number of rotatable bonds is 4. The smallest absolute Gasteiger partial charge is 0.251 e. The first-order valence-electron chi connectivity index (χ1n) is 4.42. The number of halogens is 1. The average Bonchev–Trinajstić information content (AvgIpc) is 2.19. The molecule has 1 aromatic rings. The standard InChI is InChI=1S/C10H13BrN2O/c1-12-6-7-13-10(14)8-2-4-9(11)5-3-8/h2-5,12H,6-7H2,1H3,(H,13,14). The summed E-state index contributed by atoms with van der Waals surface area (Å²) in [6.07, 6.45) is 0. The van der Waals surface area contributed by atoms with Crippen LogP contribution in [0.3, 0.4) is 0 Å². The molecule has 0 heterocycles. The summed E-state index contributed by atoms with van der Waals surface area (Å²) >= 11 is 3.32. The number of hydrogen-bond acceptors (Lipinski definition) is 2. The van der Waals surface area contributed by atoms with Gasteiger partial charge in [0.1, 0.15) is 0 Å². The van der Waals surface area contributed by atoms with Crippen LogP contribution >= 0.6 is 15.9 Å². The van der Waals surface area contributed by atoms with Gasteiger partial charge in [-0.15, -0.1) is 0 Å². The van der Waals surface area contributed by atoms with Crippen LogP contribution < -0.4 is 10.6 Å². The maximum absolute atomic E-state index is 11.5. The molecule has 0 saturated carbocycles. The SMILES string of the molecule is CNCCNC(=O)c1ccc(Br)cc1. The first-order valence-corrected chi connectivity index (χ1v) is 5.21. The topological polar surface area (TPSA) is 41.1 Å². The number of amides is 1. The van der Waals surface area contributed by atoms with E-state index in [0.29, 0.717) is 12.1 Å². The molecule has 1 amide bonds. The quantitative estimate of drug-likeness (QED) is 0.800. The van der Waals surface area contributed by atoms with Gasteiger partial charge in [0.25, 0.3) is 5.91 Å². The Morgan fingerprint density at radius 3 is 2.50 bits per heavy atom. The van der Waals surface area contributed by atoms with Gasteiger partial charge in [0.2, 0.25) is 0 Å². The molecule has 0 saturated heterocycles. The fourth-order valence-electron chi connectivity index (χ4n) is 1.00. The molecular formula is C10H13BrN2O. The maximum Gasteiger partial charge on any atom is 0.251 e. The second-order valence-electron chi connectivity index (χ2n) is 2.87. The number of carbonyl (C=O) groups is 1. The van der Waals surface area contributed by atoms with Crippen LogP contribution in [-0.2, 0) is 0 Å². The third-order valence-electron chi connectivity index (χ3n) is 1.77. The molecule has 0 aliphatic heterocycles. The van der Waals surface area contributed by atoms with Crippen LogP contribution in [0.4, 0.5) is 0 Å². The molecule has 4 heteroatoms. The normalized spacial score (nSPS) is 9.86. The van der Waals surface area contributed by atoms with Crippen molar-refractivity contribution in [1.82, 2.24) is 10.6 Å². The van der Waals surface area contributed by atoms with Crippen molar-refractivity contribution in [3.8, 4) is 0 Å². The van der Waals surface area contributed by atoms with Crippen molar-refractivity contribution >= 4 is 21.8 Å². The maximum atomic E-state index is 11.5. The van der Waals surface area contributed by atoms with Crippen LogP contribution in [0.2, 0.25) is 0 Å². The minimum Gasteiger partial charge on any atom is -0.351 e. The van der Waals surface area contributed by atoms with Crippen LogP contribution in [0.25, 0.3) is 0 Å². The molecule has 14 heavy (non-hydrogen) atoms. The fraction of sp³-hybridized carbons (Fsp3) is 0.300. The van der Waals surface area contributed by atoms with Crippen molar-refractivity contribution in [3.63, 3.8) is 0 Å². The second-order valence-corrected chi connectivity index (χ2v) is 3.78. The highest BCUT2D eigenvalue weighted by molar-refractivity contribution is 9.10. The van der Waals surface area contributed by atoms with Crippen LogP contribution in [-0.4, -0.2) is 26.0 Å². The van der Waals surface area contributed by atoms with Crippen molar-refractivity contribution in [2.75, 3.05) is 20.1 Å². The predicted octanol–water partition coefficient (Wildman–Crippen LogP) is 1.40. The molecule has 2 N–H and O–H groups in total. The van der Waals surface area contributed by atoms with Crippen LogP contribution in [0.5, 0.6) is 0 Å². The molecule has 0 aliphatic rings. The molecule has 1 aromatic carbocycles. The van der Waals surface area contributed by atoms with E-state index in [1.165, 1.54) is 0 Å². The lowest BCUT2D eigenvalue weighted by Gasteiger charge is -2.04. The molecule has 76 valence electrons. The van der Waals surface area contributed by atoms with Gasteiger partial charge in [-0.3, -0.25) is 4.79 Å². The van der Waals surface area contributed by atoms with Gasteiger partial charge in [0, 0.05) is 23.1 Å². The average molecular weight is 257 g/mol. The molecule has 1 rings (SSSR count). The summed E-state index contributed by atoms with van der Waals surface area (Å²) in [5.74, 6) is -0.0345. The number of carbonyl (C=O) groups excluding carboxylic acids is 1. The van der Waals surface area contributed by atoms with Gasteiger partial charge in [-0.1, -0.05) is 15.9 Å². The number of nitrogens with one attached hydrogen (secondary N) is 2. The van der Waals surface area contributed by atoms with E-state index in [9.17, 15) is 4.79 Å². The van der Waals surface area contributed by atoms with E-state index in [0.717, 1.165) is 11.0 Å². The highest BCUT2D eigenvalue weighted by Crippen LogP contribution is 2.10. The summed E-state index contributed by atoms with van der Waals surface area (Å²) in [6, 6.07) is 7.29. The Morgan fingerprint density at radius 2 is 1.93 bits per heavy atom. The number of hydrogen-bond donors (Lipinski definition) is 2. The van der Waals surface area contributed by atoms with E-state index in [-0.39, 0.29) is 5.91 Å².